The monoisotopic (exact) mass is 860 g/mol. The quantitative estimate of drug-likeness (QED) is 0.0593. The van der Waals surface area contributed by atoms with Crippen molar-refractivity contribution in [3.8, 4) is 0 Å². The largest absolute Gasteiger partial charge is 0.570 e. The number of alkyl halides is 4. The molecule has 4 atom stereocenters. The van der Waals surface area contributed by atoms with Crippen LogP contribution in [0.2, 0.25) is 52.4 Å². The van der Waals surface area contributed by atoms with Crippen molar-refractivity contribution in [2.75, 3.05) is 0 Å². The number of amides is 4. The van der Waals surface area contributed by atoms with E-state index in [4.69, 9.17) is 62.9 Å². The van der Waals surface area contributed by atoms with Crippen molar-refractivity contribution in [3.05, 3.63) is 0 Å². The Morgan fingerprint density at radius 2 is 0.653 bits per heavy atom. The van der Waals surface area contributed by atoms with Gasteiger partial charge < -0.3 is 55.6 Å². The van der Waals surface area contributed by atoms with Gasteiger partial charge in [0.25, 0.3) is 17.0 Å². The van der Waals surface area contributed by atoms with Crippen LogP contribution in [0.3, 0.4) is 0 Å². The van der Waals surface area contributed by atoms with Crippen LogP contribution < -0.4 is 19.9 Å². The zero-order valence-corrected chi connectivity index (χ0v) is 37.2. The normalized spacial score (nSPS) is 18.8. The fraction of sp³-hybridized carbons (Fsp3) is 0.667. The van der Waals surface area contributed by atoms with Crippen LogP contribution in [-0.4, -0.2) is 111 Å². The molecule has 0 aliphatic rings. The summed E-state index contributed by atoms with van der Waals surface area (Å²) >= 11 is 24.3. The Labute approximate surface area is 311 Å². The summed E-state index contributed by atoms with van der Waals surface area (Å²) in [6.45, 7) is 16.5. The molecule has 0 saturated heterocycles. The summed E-state index contributed by atoms with van der Waals surface area (Å²) in [4.78, 5) is 100. The molecule has 49 heavy (non-hydrogen) atoms. The zero-order valence-electron chi connectivity index (χ0n) is 29.2. The number of nitrogens with one attached hydrogen (secondary N) is 4. The lowest BCUT2D eigenvalue weighted by Gasteiger charge is -2.44. The number of halogens is 4. The van der Waals surface area contributed by atoms with Gasteiger partial charge in [0.1, 0.15) is 25.1 Å². The average Bonchev–Trinajstić information content (AvgIpc) is 2.89. The van der Waals surface area contributed by atoms with Gasteiger partial charge in [-0.15, -0.1) is 46.4 Å². The lowest BCUT2D eigenvalue weighted by atomic mass is 10.2. The third-order valence-electron chi connectivity index (χ3n) is 5.83. The minimum Gasteiger partial charge on any atom is -0.420 e. The van der Waals surface area contributed by atoms with E-state index in [0.717, 1.165) is 13.8 Å². The van der Waals surface area contributed by atoms with Crippen molar-refractivity contribution >= 4 is 138 Å². The van der Waals surface area contributed by atoms with E-state index in [0.29, 0.717) is 0 Å². The molecule has 0 saturated carbocycles. The topological polar surface area (TPSA) is 222 Å². The van der Waals surface area contributed by atoms with Gasteiger partial charge in [-0.2, -0.15) is 0 Å². The van der Waals surface area contributed by atoms with Crippen LogP contribution in [0, 0.1) is 0 Å². The molecular formula is C24H44Cl4N4O12Si5. The summed E-state index contributed by atoms with van der Waals surface area (Å²) in [6, 6.07) is 0. The van der Waals surface area contributed by atoms with Crippen molar-refractivity contribution < 1.29 is 54.8 Å². The van der Waals surface area contributed by atoms with Crippen LogP contribution in [0.25, 0.3) is 0 Å². The van der Waals surface area contributed by atoms with E-state index in [-0.39, 0.29) is 25.1 Å². The lowest BCUT2D eigenvalue weighted by molar-refractivity contribution is -0.128. The van der Waals surface area contributed by atoms with Crippen LogP contribution in [0.4, 0.5) is 0 Å². The molecule has 0 aromatic heterocycles. The smallest absolute Gasteiger partial charge is 0.420 e. The Hall–Kier alpha value is -1.36. The SMILES string of the molecule is CC(Cl)(C=O)C(=O)N[Si](C)(C)O[Si](C)(C)O[Si](NC(=O)C(C)(Cl)C=O)(NC(=O)C(C)(Cl)C=O)O[Si](C)(C)O[Si](C)(C)NC(=O)C(C)(Cl)C=O. The Bertz CT molecular complexity index is 1230. The summed E-state index contributed by atoms with van der Waals surface area (Å²) in [6.07, 6.45) is 0.708. The van der Waals surface area contributed by atoms with Crippen molar-refractivity contribution in [1.29, 1.82) is 0 Å². The number of hydrogen-bond donors (Lipinski definition) is 4. The van der Waals surface area contributed by atoms with Gasteiger partial charge in [0.2, 0.25) is 23.6 Å². The van der Waals surface area contributed by atoms with E-state index in [1.165, 1.54) is 66.2 Å². The van der Waals surface area contributed by atoms with E-state index in [1.54, 1.807) is 0 Å². The number of carbonyl (C=O) groups excluding carboxylic acids is 8. The summed E-state index contributed by atoms with van der Waals surface area (Å²) in [5.41, 5.74) is 0. The predicted molar refractivity (Wildman–Crippen MR) is 194 cm³/mol. The molecule has 0 radical (unpaired) electrons. The van der Waals surface area contributed by atoms with E-state index < -0.39 is 86.1 Å². The number of hydrogen-bond acceptors (Lipinski definition) is 12. The van der Waals surface area contributed by atoms with Gasteiger partial charge in [-0.05, 0) is 80.1 Å². The molecule has 4 unspecified atom stereocenters. The zero-order chi connectivity index (χ0) is 39.3. The highest BCUT2D eigenvalue weighted by molar-refractivity contribution is 6.91. The molecule has 0 spiro atoms. The highest BCUT2D eigenvalue weighted by Gasteiger charge is 2.58. The highest BCUT2D eigenvalue weighted by atomic mass is 35.5. The maximum Gasteiger partial charge on any atom is 0.570 e. The van der Waals surface area contributed by atoms with Crippen molar-refractivity contribution in [2.24, 2.45) is 0 Å². The predicted octanol–water partition coefficient (Wildman–Crippen LogP) is 1.55. The minimum absolute atomic E-state index is 0.115. The summed E-state index contributed by atoms with van der Waals surface area (Å²) in [5, 5.41) is 0. The van der Waals surface area contributed by atoms with Gasteiger partial charge >= 0.3 is 26.0 Å². The molecule has 0 rings (SSSR count). The maximum absolute atomic E-state index is 13.4. The van der Waals surface area contributed by atoms with Crippen molar-refractivity contribution in [2.45, 2.75) is 99.6 Å². The molecular weight excluding hydrogens is 819 g/mol. The summed E-state index contributed by atoms with van der Waals surface area (Å²) in [5.74, 6) is -4.12. The average molecular weight is 863 g/mol. The van der Waals surface area contributed by atoms with Gasteiger partial charge in [-0.1, -0.05) is 0 Å². The van der Waals surface area contributed by atoms with Crippen LogP contribution in [-0.2, 0) is 54.8 Å². The summed E-state index contributed by atoms with van der Waals surface area (Å²) in [7, 11) is -19.3. The molecule has 25 heteroatoms. The van der Waals surface area contributed by atoms with Crippen LogP contribution in [0.15, 0.2) is 0 Å². The van der Waals surface area contributed by atoms with Crippen molar-refractivity contribution in [3.63, 3.8) is 0 Å². The molecule has 0 fully saturated rings. The standard InChI is InChI=1S/C24H44Cl4N4O12Si5/c1-21(25,13-33)17(37)29-45(5,6)41-47(9,10)43-49(31-19(39)23(3,27)15-35,32-20(40)24(4,28)16-36)44-48(11,12)42-46(7,8)30-18(38)22(2,26)14-34/h13-16H,1-12H3,(H,29,37)(H,30,38)(H,31,39)(H,32,40). The van der Waals surface area contributed by atoms with Crippen LogP contribution >= 0.6 is 46.4 Å². The van der Waals surface area contributed by atoms with Gasteiger partial charge in [0, 0.05) is 0 Å². The second-order valence-corrected chi connectivity index (χ2v) is 33.7. The fourth-order valence-corrected chi connectivity index (χ4v) is 25.2. The first kappa shape index (κ1) is 47.6. The van der Waals surface area contributed by atoms with Gasteiger partial charge in [-0.25, -0.2) is 0 Å². The van der Waals surface area contributed by atoms with E-state index in [2.05, 4.69) is 19.9 Å². The molecule has 4 amide bonds. The first-order valence-corrected chi connectivity index (χ1v) is 29.1. The lowest BCUT2D eigenvalue weighted by Crippen LogP contribution is -2.79. The molecule has 0 aromatic rings. The first-order valence-electron chi connectivity index (χ1n) is 14.3. The number of rotatable bonds is 20. The van der Waals surface area contributed by atoms with E-state index in [9.17, 15) is 38.4 Å². The minimum atomic E-state index is -4.97. The van der Waals surface area contributed by atoms with Gasteiger partial charge in [0.15, 0.2) is 19.5 Å². The molecule has 0 bridgehead atoms. The Morgan fingerprint density at radius 1 is 0.449 bits per heavy atom. The van der Waals surface area contributed by atoms with E-state index in [1.807, 2.05) is 0 Å². The molecule has 4 N–H and O–H groups in total. The molecule has 0 aliphatic heterocycles. The molecule has 280 valence electrons. The van der Waals surface area contributed by atoms with Crippen LogP contribution in [0.5, 0.6) is 0 Å². The number of aldehydes is 4. The summed E-state index contributed by atoms with van der Waals surface area (Å²) < 4.78 is 25.3. The second-order valence-electron chi connectivity index (χ2n) is 13.4. The molecule has 0 heterocycles. The van der Waals surface area contributed by atoms with Crippen molar-refractivity contribution in [1.82, 2.24) is 19.9 Å². The van der Waals surface area contributed by atoms with E-state index >= 15 is 0 Å². The molecule has 0 aliphatic carbocycles. The highest BCUT2D eigenvalue weighted by Crippen LogP contribution is 2.26. The third-order valence-corrected chi connectivity index (χ3v) is 23.9. The van der Waals surface area contributed by atoms with Gasteiger partial charge in [-0.3, -0.25) is 19.2 Å². The Kier molecular flexibility index (Phi) is 16.1. The Morgan fingerprint density at radius 3 is 0.857 bits per heavy atom. The molecule has 16 nitrogen and oxygen atoms in total. The Balaban J connectivity index is 7.25. The first-order chi connectivity index (χ1) is 21.6. The number of carbonyl (C=O) groups is 8. The van der Waals surface area contributed by atoms with Gasteiger partial charge in [0.05, 0.1) is 0 Å². The van der Waals surface area contributed by atoms with Crippen LogP contribution in [0.1, 0.15) is 27.7 Å². The fourth-order valence-electron chi connectivity index (χ4n) is 3.72. The maximum atomic E-state index is 13.4. The second kappa shape index (κ2) is 16.5. The molecule has 0 aromatic carbocycles. The third kappa shape index (κ3) is 15.0.